The molecule has 4 atom stereocenters. The Labute approximate surface area is 87.6 Å². The van der Waals surface area contributed by atoms with Gasteiger partial charge in [0.1, 0.15) is 18.0 Å². The summed E-state index contributed by atoms with van der Waals surface area (Å²) >= 11 is 0. The largest absolute Gasteiger partial charge is 0.468 e. The number of nitrogens with zero attached hydrogens (tertiary/aromatic N) is 1. The van der Waals surface area contributed by atoms with Crippen LogP contribution in [0.2, 0.25) is 0 Å². The molecule has 0 aromatic carbocycles. The molecule has 1 aliphatic rings. The van der Waals surface area contributed by atoms with Crippen LogP contribution in [0.3, 0.4) is 0 Å². The monoisotopic (exact) mass is 213 g/mol. The summed E-state index contributed by atoms with van der Waals surface area (Å²) in [7, 11) is 1.77. The summed E-state index contributed by atoms with van der Waals surface area (Å²) in [6.07, 6.45) is -1.56. The second-order valence-electron chi connectivity index (χ2n) is 3.95. The first-order valence-electron chi connectivity index (χ1n) is 4.89. The van der Waals surface area contributed by atoms with Crippen LogP contribution < -0.4 is 0 Å². The Morgan fingerprint density at radius 1 is 1.33 bits per heavy atom. The Kier molecular flexibility index (Phi) is 2.79. The highest BCUT2D eigenvalue weighted by Gasteiger charge is 2.41. The van der Waals surface area contributed by atoms with Crippen molar-refractivity contribution in [1.82, 2.24) is 4.90 Å². The lowest BCUT2D eigenvalue weighted by molar-refractivity contribution is -0.136. The molecule has 0 saturated carbocycles. The summed E-state index contributed by atoms with van der Waals surface area (Å²) in [5.41, 5.74) is 0. The number of likely N-dealkylation sites (N-methyl/N-ethyl adjacent to an activating group) is 1. The van der Waals surface area contributed by atoms with E-state index in [4.69, 9.17) is 4.42 Å². The number of hydrogen-bond donors (Lipinski definition) is 3. The molecule has 5 nitrogen and oxygen atoms in total. The second kappa shape index (κ2) is 3.94. The SMILES string of the molecule is CN1C[C@@H](O)[C@H](O)[C@@H](O)[C@H]1c1ccco1. The molecule has 84 valence electrons. The standard InChI is InChI=1S/C10H15NO4/c1-11-5-6(12)9(13)10(14)8(11)7-3-2-4-15-7/h2-4,6,8-10,12-14H,5H2,1H3/t6-,8-,9+,10+/m1/s1. The van der Waals surface area contributed by atoms with Crippen molar-refractivity contribution in [3.8, 4) is 0 Å². The molecule has 5 heteroatoms. The quantitative estimate of drug-likeness (QED) is 0.578. The third-order valence-corrected chi connectivity index (χ3v) is 2.85. The van der Waals surface area contributed by atoms with E-state index in [1.165, 1.54) is 6.26 Å². The first kappa shape index (κ1) is 10.6. The molecule has 0 unspecified atom stereocenters. The number of hydrogen-bond acceptors (Lipinski definition) is 5. The van der Waals surface area contributed by atoms with Crippen LogP contribution in [-0.2, 0) is 0 Å². The first-order valence-corrected chi connectivity index (χ1v) is 4.89. The summed E-state index contributed by atoms with van der Waals surface area (Å²) in [5.74, 6) is 0.593. The smallest absolute Gasteiger partial charge is 0.123 e. The van der Waals surface area contributed by atoms with Crippen molar-refractivity contribution in [1.29, 1.82) is 0 Å². The third-order valence-electron chi connectivity index (χ3n) is 2.85. The number of aliphatic hydroxyl groups is 3. The number of β-amino-alcohol motifs (C(OH)–C–C–N with tert-alkyl or cyclic N) is 1. The Bertz CT molecular complexity index is 313. The summed E-state index contributed by atoms with van der Waals surface area (Å²) < 4.78 is 5.20. The van der Waals surface area contributed by atoms with Gasteiger partial charge in [-0.3, -0.25) is 4.90 Å². The number of rotatable bonds is 1. The molecular weight excluding hydrogens is 198 g/mol. The van der Waals surface area contributed by atoms with Gasteiger partial charge in [-0.05, 0) is 19.2 Å². The van der Waals surface area contributed by atoms with Gasteiger partial charge in [-0.25, -0.2) is 0 Å². The van der Waals surface area contributed by atoms with Crippen molar-refractivity contribution in [2.45, 2.75) is 24.4 Å². The molecule has 2 rings (SSSR count). The molecule has 1 aromatic heterocycles. The fourth-order valence-electron chi connectivity index (χ4n) is 2.04. The topological polar surface area (TPSA) is 77.1 Å². The van der Waals surface area contributed by atoms with Crippen molar-refractivity contribution in [3.05, 3.63) is 24.2 Å². The predicted molar refractivity (Wildman–Crippen MR) is 52.1 cm³/mol. The second-order valence-corrected chi connectivity index (χ2v) is 3.95. The molecule has 0 amide bonds. The molecule has 0 aliphatic carbocycles. The van der Waals surface area contributed by atoms with Gasteiger partial charge < -0.3 is 19.7 Å². The summed E-state index contributed by atoms with van der Waals surface area (Å²) in [6.45, 7) is 0.309. The van der Waals surface area contributed by atoms with E-state index in [1.54, 1.807) is 24.1 Å². The van der Waals surface area contributed by atoms with Crippen molar-refractivity contribution in [2.24, 2.45) is 0 Å². The van der Waals surface area contributed by atoms with Gasteiger partial charge in [0.25, 0.3) is 0 Å². The fourth-order valence-corrected chi connectivity index (χ4v) is 2.04. The molecule has 15 heavy (non-hydrogen) atoms. The summed E-state index contributed by atoms with van der Waals surface area (Å²) in [4.78, 5) is 1.76. The van der Waals surface area contributed by atoms with E-state index >= 15 is 0 Å². The maximum Gasteiger partial charge on any atom is 0.123 e. The van der Waals surface area contributed by atoms with Gasteiger partial charge in [-0.1, -0.05) is 0 Å². The maximum absolute atomic E-state index is 9.84. The molecule has 0 bridgehead atoms. The number of aliphatic hydroxyl groups excluding tert-OH is 3. The zero-order chi connectivity index (χ0) is 11.0. The van der Waals surface area contributed by atoms with Gasteiger partial charge in [0.05, 0.1) is 18.4 Å². The highest BCUT2D eigenvalue weighted by molar-refractivity contribution is 5.10. The van der Waals surface area contributed by atoms with Gasteiger partial charge in [0.2, 0.25) is 0 Å². The Morgan fingerprint density at radius 3 is 2.67 bits per heavy atom. The fraction of sp³-hybridized carbons (Fsp3) is 0.600. The number of furan rings is 1. The normalized spacial score (nSPS) is 38.1. The van der Waals surface area contributed by atoms with Gasteiger partial charge in [-0.15, -0.1) is 0 Å². The van der Waals surface area contributed by atoms with Crippen LogP contribution in [0.25, 0.3) is 0 Å². The highest BCUT2D eigenvalue weighted by Crippen LogP contribution is 2.30. The molecule has 0 radical (unpaired) electrons. The molecule has 0 spiro atoms. The molecule has 1 fully saturated rings. The van der Waals surface area contributed by atoms with Crippen LogP contribution >= 0.6 is 0 Å². The van der Waals surface area contributed by atoms with Gasteiger partial charge in [0.15, 0.2) is 0 Å². The van der Waals surface area contributed by atoms with Crippen molar-refractivity contribution in [3.63, 3.8) is 0 Å². The molecule has 2 heterocycles. The van der Waals surface area contributed by atoms with E-state index in [0.717, 1.165) is 0 Å². The molecule has 1 aliphatic heterocycles. The Balaban J connectivity index is 2.23. The van der Waals surface area contributed by atoms with Crippen LogP contribution in [-0.4, -0.2) is 52.1 Å². The Morgan fingerprint density at radius 2 is 2.07 bits per heavy atom. The van der Waals surface area contributed by atoms with Crippen LogP contribution in [0, 0.1) is 0 Å². The van der Waals surface area contributed by atoms with Crippen LogP contribution in [0.1, 0.15) is 11.8 Å². The lowest BCUT2D eigenvalue weighted by Crippen LogP contribution is -2.55. The minimum Gasteiger partial charge on any atom is -0.468 e. The maximum atomic E-state index is 9.84. The molecule has 1 saturated heterocycles. The van der Waals surface area contributed by atoms with E-state index in [0.29, 0.717) is 12.3 Å². The molecular formula is C10H15NO4. The minimum atomic E-state index is -1.13. The van der Waals surface area contributed by atoms with E-state index < -0.39 is 24.4 Å². The van der Waals surface area contributed by atoms with E-state index in [-0.39, 0.29) is 0 Å². The van der Waals surface area contributed by atoms with Gasteiger partial charge >= 0.3 is 0 Å². The zero-order valence-corrected chi connectivity index (χ0v) is 8.45. The molecule has 1 aromatic rings. The third kappa shape index (κ3) is 1.79. The van der Waals surface area contributed by atoms with Gasteiger partial charge in [-0.2, -0.15) is 0 Å². The Hall–Kier alpha value is -0.880. The number of piperidine rings is 1. The lowest BCUT2D eigenvalue weighted by atomic mass is 9.93. The van der Waals surface area contributed by atoms with Crippen LogP contribution in [0.5, 0.6) is 0 Å². The van der Waals surface area contributed by atoms with Crippen molar-refractivity contribution >= 4 is 0 Å². The van der Waals surface area contributed by atoms with Crippen molar-refractivity contribution < 1.29 is 19.7 Å². The molecule has 3 N–H and O–H groups in total. The average Bonchev–Trinajstić information content (AvgIpc) is 2.68. The first-order chi connectivity index (χ1) is 7.11. The summed E-state index contributed by atoms with van der Waals surface area (Å²) in [6, 6.07) is 3.07. The van der Waals surface area contributed by atoms with E-state index in [9.17, 15) is 15.3 Å². The van der Waals surface area contributed by atoms with E-state index in [2.05, 4.69) is 0 Å². The van der Waals surface area contributed by atoms with Crippen molar-refractivity contribution in [2.75, 3.05) is 13.6 Å². The van der Waals surface area contributed by atoms with Gasteiger partial charge in [0, 0.05) is 6.54 Å². The van der Waals surface area contributed by atoms with Crippen LogP contribution in [0.15, 0.2) is 22.8 Å². The predicted octanol–water partition coefficient (Wildman–Crippen LogP) is -0.651. The van der Waals surface area contributed by atoms with E-state index in [1.807, 2.05) is 0 Å². The summed E-state index contributed by atoms with van der Waals surface area (Å²) in [5, 5.41) is 28.9. The van der Waals surface area contributed by atoms with Crippen LogP contribution in [0.4, 0.5) is 0 Å². The lowest BCUT2D eigenvalue weighted by Gasteiger charge is -2.40. The average molecular weight is 213 g/mol. The highest BCUT2D eigenvalue weighted by atomic mass is 16.4. The number of likely N-dealkylation sites (tertiary alicyclic amines) is 1. The minimum absolute atomic E-state index is 0.309. The zero-order valence-electron chi connectivity index (χ0n) is 8.45.